The van der Waals surface area contributed by atoms with Crippen LogP contribution in [-0.2, 0) is 6.54 Å². The van der Waals surface area contributed by atoms with Gasteiger partial charge in [0.25, 0.3) is 5.91 Å². The number of amides is 1. The number of nitrogens with one attached hydrogen (secondary N) is 1. The van der Waals surface area contributed by atoms with Crippen molar-refractivity contribution < 1.29 is 4.79 Å². The molecule has 132 valence electrons. The molecular formula is C22H23N3O. The highest BCUT2D eigenvalue weighted by Gasteiger charge is 2.09. The van der Waals surface area contributed by atoms with Crippen LogP contribution in [0.5, 0.6) is 0 Å². The fourth-order valence-electron chi connectivity index (χ4n) is 2.83. The van der Waals surface area contributed by atoms with E-state index in [9.17, 15) is 4.79 Å². The van der Waals surface area contributed by atoms with Gasteiger partial charge < -0.3 is 10.2 Å². The molecular weight excluding hydrogens is 322 g/mol. The van der Waals surface area contributed by atoms with Crippen LogP contribution in [-0.4, -0.2) is 29.9 Å². The van der Waals surface area contributed by atoms with Crippen LogP contribution in [0, 0.1) is 6.92 Å². The highest BCUT2D eigenvalue weighted by Crippen LogP contribution is 2.25. The van der Waals surface area contributed by atoms with Gasteiger partial charge in [-0.2, -0.15) is 0 Å². The minimum Gasteiger partial charge on any atom is -0.322 e. The van der Waals surface area contributed by atoms with Gasteiger partial charge in [0.05, 0.1) is 5.69 Å². The number of anilines is 1. The maximum Gasteiger partial charge on any atom is 0.255 e. The van der Waals surface area contributed by atoms with Crippen LogP contribution in [0.1, 0.15) is 21.5 Å². The number of hydrogen-bond acceptors (Lipinski definition) is 3. The summed E-state index contributed by atoms with van der Waals surface area (Å²) in [6.45, 7) is 2.90. The van der Waals surface area contributed by atoms with E-state index in [2.05, 4.69) is 15.2 Å². The molecule has 1 N–H and O–H groups in total. The van der Waals surface area contributed by atoms with Crippen molar-refractivity contribution in [2.45, 2.75) is 13.5 Å². The molecule has 3 rings (SSSR count). The van der Waals surface area contributed by atoms with Crippen molar-refractivity contribution in [3.05, 3.63) is 83.6 Å². The highest BCUT2D eigenvalue weighted by molar-refractivity contribution is 6.04. The van der Waals surface area contributed by atoms with Crippen LogP contribution in [0.25, 0.3) is 11.3 Å². The lowest BCUT2D eigenvalue weighted by atomic mass is 10.0. The molecule has 4 nitrogen and oxygen atoms in total. The zero-order valence-electron chi connectivity index (χ0n) is 15.4. The Morgan fingerprint density at radius 3 is 2.46 bits per heavy atom. The maximum atomic E-state index is 12.5. The highest BCUT2D eigenvalue weighted by atomic mass is 16.1. The van der Waals surface area contributed by atoms with Gasteiger partial charge >= 0.3 is 0 Å². The molecule has 0 spiro atoms. The SMILES string of the molecule is Cc1ccc(NC(=O)c2ccc(CN(C)C)cc2)cc1-c1ccccn1. The smallest absolute Gasteiger partial charge is 0.255 e. The summed E-state index contributed by atoms with van der Waals surface area (Å²) in [6.07, 6.45) is 1.77. The Hall–Kier alpha value is -2.98. The van der Waals surface area contributed by atoms with Gasteiger partial charge in [-0.3, -0.25) is 9.78 Å². The average molecular weight is 345 g/mol. The lowest BCUT2D eigenvalue weighted by Crippen LogP contribution is -2.13. The standard InChI is InChI=1S/C22H23N3O/c1-16-7-12-19(14-20(16)21-6-4-5-13-23-21)24-22(26)18-10-8-17(9-11-18)15-25(2)3/h4-14H,15H2,1-3H3,(H,24,26). The van der Waals surface area contributed by atoms with Crippen molar-refractivity contribution in [2.75, 3.05) is 19.4 Å². The second-order valence-corrected chi connectivity index (χ2v) is 6.63. The summed E-state index contributed by atoms with van der Waals surface area (Å²) in [5.41, 5.74) is 5.62. The first kappa shape index (κ1) is 17.8. The maximum absolute atomic E-state index is 12.5. The molecule has 0 aliphatic carbocycles. The third-order valence-electron chi connectivity index (χ3n) is 4.15. The second kappa shape index (κ2) is 7.93. The third-order valence-corrected chi connectivity index (χ3v) is 4.15. The molecule has 1 heterocycles. The molecule has 1 aromatic heterocycles. The fraction of sp³-hybridized carbons (Fsp3) is 0.182. The predicted octanol–water partition coefficient (Wildman–Crippen LogP) is 4.37. The normalized spacial score (nSPS) is 10.8. The Morgan fingerprint density at radius 2 is 1.81 bits per heavy atom. The van der Waals surface area contributed by atoms with Gasteiger partial charge in [0.2, 0.25) is 0 Å². The molecule has 0 saturated carbocycles. The molecule has 3 aromatic rings. The van der Waals surface area contributed by atoms with E-state index < -0.39 is 0 Å². The number of aryl methyl sites for hydroxylation is 1. The first-order valence-corrected chi connectivity index (χ1v) is 8.60. The summed E-state index contributed by atoms with van der Waals surface area (Å²) in [4.78, 5) is 19.0. The molecule has 0 atom stereocenters. The van der Waals surface area contributed by atoms with Crippen molar-refractivity contribution in [1.29, 1.82) is 0 Å². The van der Waals surface area contributed by atoms with Gasteiger partial charge in [-0.25, -0.2) is 0 Å². The van der Waals surface area contributed by atoms with Gasteiger partial charge in [0, 0.05) is 29.6 Å². The van der Waals surface area contributed by atoms with Crippen LogP contribution in [0.15, 0.2) is 66.9 Å². The number of carbonyl (C=O) groups is 1. The zero-order chi connectivity index (χ0) is 18.5. The van der Waals surface area contributed by atoms with E-state index in [1.807, 2.05) is 81.7 Å². The Balaban J connectivity index is 1.77. The number of rotatable bonds is 5. The lowest BCUT2D eigenvalue weighted by Gasteiger charge is -2.11. The molecule has 0 unspecified atom stereocenters. The van der Waals surface area contributed by atoms with Crippen LogP contribution in [0.4, 0.5) is 5.69 Å². The van der Waals surface area contributed by atoms with Gasteiger partial charge in [-0.05, 0) is 68.5 Å². The van der Waals surface area contributed by atoms with Gasteiger partial charge in [-0.15, -0.1) is 0 Å². The van der Waals surface area contributed by atoms with Crippen LogP contribution in [0.3, 0.4) is 0 Å². The molecule has 26 heavy (non-hydrogen) atoms. The largest absolute Gasteiger partial charge is 0.322 e. The number of carbonyl (C=O) groups excluding carboxylic acids is 1. The summed E-state index contributed by atoms with van der Waals surface area (Å²) >= 11 is 0. The van der Waals surface area contributed by atoms with E-state index in [0.717, 1.165) is 29.1 Å². The van der Waals surface area contributed by atoms with E-state index in [4.69, 9.17) is 0 Å². The Bertz CT molecular complexity index is 887. The Kier molecular flexibility index (Phi) is 5.44. The summed E-state index contributed by atoms with van der Waals surface area (Å²) in [7, 11) is 4.05. The Labute approximate surface area is 154 Å². The zero-order valence-corrected chi connectivity index (χ0v) is 15.4. The molecule has 4 heteroatoms. The van der Waals surface area contributed by atoms with Crippen LogP contribution < -0.4 is 5.32 Å². The van der Waals surface area contributed by atoms with E-state index in [1.165, 1.54) is 5.56 Å². The Morgan fingerprint density at radius 1 is 1.04 bits per heavy atom. The first-order chi connectivity index (χ1) is 12.5. The summed E-state index contributed by atoms with van der Waals surface area (Å²) in [5.74, 6) is -0.114. The summed E-state index contributed by atoms with van der Waals surface area (Å²) in [6, 6.07) is 19.4. The van der Waals surface area contributed by atoms with Crippen molar-refractivity contribution in [3.8, 4) is 11.3 Å². The van der Waals surface area contributed by atoms with Crippen molar-refractivity contribution >= 4 is 11.6 Å². The minimum absolute atomic E-state index is 0.114. The molecule has 0 aliphatic heterocycles. The number of nitrogens with zero attached hydrogens (tertiary/aromatic N) is 2. The fourth-order valence-corrected chi connectivity index (χ4v) is 2.83. The van der Waals surface area contributed by atoms with Crippen LogP contribution in [0.2, 0.25) is 0 Å². The summed E-state index contributed by atoms with van der Waals surface area (Å²) < 4.78 is 0. The lowest BCUT2D eigenvalue weighted by molar-refractivity contribution is 0.102. The van der Waals surface area contributed by atoms with Gasteiger partial charge in [0.15, 0.2) is 0 Å². The monoisotopic (exact) mass is 345 g/mol. The van der Waals surface area contributed by atoms with Crippen molar-refractivity contribution in [2.24, 2.45) is 0 Å². The average Bonchev–Trinajstić information content (AvgIpc) is 2.64. The van der Waals surface area contributed by atoms with E-state index >= 15 is 0 Å². The van der Waals surface area contributed by atoms with Gasteiger partial charge in [-0.1, -0.05) is 24.3 Å². The first-order valence-electron chi connectivity index (χ1n) is 8.60. The third kappa shape index (κ3) is 4.35. The van der Waals surface area contributed by atoms with E-state index in [-0.39, 0.29) is 5.91 Å². The van der Waals surface area contributed by atoms with Crippen molar-refractivity contribution in [3.63, 3.8) is 0 Å². The topological polar surface area (TPSA) is 45.2 Å². The van der Waals surface area contributed by atoms with Gasteiger partial charge in [0.1, 0.15) is 0 Å². The van der Waals surface area contributed by atoms with E-state index in [1.54, 1.807) is 6.20 Å². The van der Waals surface area contributed by atoms with E-state index in [0.29, 0.717) is 5.56 Å². The number of benzene rings is 2. The number of hydrogen-bond donors (Lipinski definition) is 1. The van der Waals surface area contributed by atoms with Crippen molar-refractivity contribution in [1.82, 2.24) is 9.88 Å². The number of pyridine rings is 1. The summed E-state index contributed by atoms with van der Waals surface area (Å²) in [5, 5.41) is 2.98. The second-order valence-electron chi connectivity index (χ2n) is 6.63. The molecule has 1 amide bonds. The molecule has 0 fully saturated rings. The molecule has 0 aliphatic rings. The molecule has 0 saturated heterocycles. The minimum atomic E-state index is -0.114. The van der Waals surface area contributed by atoms with Crippen LogP contribution >= 0.6 is 0 Å². The molecule has 0 bridgehead atoms. The molecule has 2 aromatic carbocycles. The molecule has 0 radical (unpaired) electrons. The predicted molar refractivity (Wildman–Crippen MR) is 106 cm³/mol. The quantitative estimate of drug-likeness (QED) is 0.747. The number of aromatic nitrogens is 1.